The van der Waals surface area contributed by atoms with Crippen LogP contribution in [0, 0.1) is 11.7 Å². The van der Waals surface area contributed by atoms with Crippen molar-refractivity contribution in [3.8, 4) is 0 Å². The van der Waals surface area contributed by atoms with Crippen molar-refractivity contribution in [2.24, 2.45) is 5.92 Å². The van der Waals surface area contributed by atoms with E-state index in [-0.39, 0.29) is 17.6 Å². The molecule has 2 amide bonds. The fourth-order valence-corrected chi connectivity index (χ4v) is 4.31. The number of benzene rings is 1. The number of hydrogen-bond donors (Lipinski definition) is 1. The van der Waals surface area contributed by atoms with Crippen LogP contribution in [0.15, 0.2) is 24.3 Å². The number of likely N-dealkylation sites (tertiary alicyclic amines) is 2. The average molecular weight is 361 g/mol. The predicted molar refractivity (Wildman–Crippen MR) is 92.7 cm³/mol. The SMILES string of the molecule is O=C([C@H]1CN(Cc2ccc(F)cc2)C[C@@]12OCCNC2=O)N1CCCC1. The van der Waals surface area contributed by atoms with Gasteiger partial charge in [0, 0.05) is 39.3 Å². The van der Waals surface area contributed by atoms with Gasteiger partial charge in [-0.1, -0.05) is 12.1 Å². The summed E-state index contributed by atoms with van der Waals surface area (Å²) < 4.78 is 19.1. The Morgan fingerprint density at radius 1 is 1.27 bits per heavy atom. The number of hydrogen-bond acceptors (Lipinski definition) is 4. The molecular weight excluding hydrogens is 337 g/mol. The summed E-state index contributed by atoms with van der Waals surface area (Å²) in [5, 5.41) is 2.87. The highest BCUT2D eigenvalue weighted by molar-refractivity contribution is 5.94. The molecule has 4 rings (SSSR count). The summed E-state index contributed by atoms with van der Waals surface area (Å²) in [6, 6.07) is 6.33. The van der Waals surface area contributed by atoms with Gasteiger partial charge in [0.2, 0.25) is 5.91 Å². The highest BCUT2D eigenvalue weighted by Gasteiger charge is 2.58. The van der Waals surface area contributed by atoms with Gasteiger partial charge in [-0.05, 0) is 30.5 Å². The van der Waals surface area contributed by atoms with E-state index >= 15 is 0 Å². The fourth-order valence-electron chi connectivity index (χ4n) is 4.31. The van der Waals surface area contributed by atoms with E-state index in [9.17, 15) is 14.0 Å². The van der Waals surface area contributed by atoms with Crippen molar-refractivity contribution in [1.29, 1.82) is 0 Å². The molecule has 3 aliphatic rings. The molecule has 26 heavy (non-hydrogen) atoms. The van der Waals surface area contributed by atoms with Gasteiger partial charge in [0.15, 0.2) is 5.60 Å². The Hall–Kier alpha value is -1.99. The normalized spacial score (nSPS) is 29.3. The van der Waals surface area contributed by atoms with Crippen molar-refractivity contribution >= 4 is 11.8 Å². The molecular formula is C19H24FN3O3. The van der Waals surface area contributed by atoms with Gasteiger partial charge in [0.25, 0.3) is 5.91 Å². The Morgan fingerprint density at radius 3 is 2.69 bits per heavy atom. The summed E-state index contributed by atoms with van der Waals surface area (Å²) in [6.07, 6.45) is 2.02. The first-order valence-electron chi connectivity index (χ1n) is 9.26. The van der Waals surface area contributed by atoms with Gasteiger partial charge < -0.3 is 15.0 Å². The molecule has 2 atom stereocenters. The second kappa shape index (κ2) is 6.96. The maximum Gasteiger partial charge on any atom is 0.254 e. The van der Waals surface area contributed by atoms with Crippen LogP contribution < -0.4 is 5.32 Å². The van der Waals surface area contributed by atoms with Crippen LogP contribution in [-0.4, -0.2) is 66.5 Å². The Kier molecular flexibility index (Phi) is 4.67. The maximum absolute atomic E-state index is 13.1. The number of nitrogens with zero attached hydrogens (tertiary/aromatic N) is 2. The van der Waals surface area contributed by atoms with Crippen molar-refractivity contribution in [2.75, 3.05) is 39.3 Å². The van der Waals surface area contributed by atoms with E-state index in [0.29, 0.717) is 32.8 Å². The molecule has 1 aromatic rings. The lowest BCUT2D eigenvalue weighted by atomic mass is 9.87. The second-order valence-electron chi connectivity index (χ2n) is 7.37. The highest BCUT2D eigenvalue weighted by atomic mass is 19.1. The molecule has 0 bridgehead atoms. The van der Waals surface area contributed by atoms with Gasteiger partial charge in [-0.3, -0.25) is 14.5 Å². The van der Waals surface area contributed by atoms with Gasteiger partial charge in [0.05, 0.1) is 12.5 Å². The van der Waals surface area contributed by atoms with Crippen molar-refractivity contribution in [1.82, 2.24) is 15.1 Å². The topological polar surface area (TPSA) is 61.9 Å². The zero-order valence-corrected chi connectivity index (χ0v) is 14.7. The Balaban J connectivity index is 1.56. The van der Waals surface area contributed by atoms with Gasteiger partial charge in [-0.15, -0.1) is 0 Å². The van der Waals surface area contributed by atoms with Crippen LogP contribution in [0.25, 0.3) is 0 Å². The standard InChI is InChI=1S/C19H24FN3O3/c20-15-5-3-14(4-6-15)11-22-12-16(17(24)23-8-1-2-9-23)19(13-22)18(25)21-7-10-26-19/h3-6,16H,1-2,7-13H2,(H,21,25)/t16-,19-/m1/s1. The number of ether oxygens (including phenoxy) is 1. The summed E-state index contributed by atoms with van der Waals surface area (Å²) in [4.78, 5) is 29.7. The number of halogens is 1. The molecule has 0 aromatic heterocycles. The zero-order chi connectivity index (χ0) is 18.1. The fraction of sp³-hybridized carbons (Fsp3) is 0.579. The minimum atomic E-state index is -1.11. The number of amides is 2. The molecule has 0 aliphatic carbocycles. The van der Waals surface area contributed by atoms with E-state index in [2.05, 4.69) is 10.2 Å². The van der Waals surface area contributed by atoms with Crippen LogP contribution in [0.3, 0.4) is 0 Å². The largest absolute Gasteiger partial charge is 0.361 e. The molecule has 3 heterocycles. The number of carbonyl (C=O) groups is 2. The molecule has 1 spiro atoms. The monoisotopic (exact) mass is 361 g/mol. The predicted octanol–water partition coefficient (Wildman–Crippen LogP) is 0.765. The molecule has 0 unspecified atom stereocenters. The van der Waals surface area contributed by atoms with Crippen LogP contribution in [0.2, 0.25) is 0 Å². The van der Waals surface area contributed by atoms with E-state index in [4.69, 9.17) is 4.74 Å². The Bertz CT molecular complexity index is 690. The van der Waals surface area contributed by atoms with Crippen molar-refractivity contribution in [3.05, 3.63) is 35.6 Å². The van der Waals surface area contributed by atoms with Crippen LogP contribution >= 0.6 is 0 Å². The molecule has 3 saturated heterocycles. The summed E-state index contributed by atoms with van der Waals surface area (Å²) in [5.41, 5.74) is -0.162. The first kappa shape index (κ1) is 17.4. The first-order valence-corrected chi connectivity index (χ1v) is 9.26. The van der Waals surface area contributed by atoms with Gasteiger partial charge in [-0.25, -0.2) is 4.39 Å². The lowest BCUT2D eigenvalue weighted by Crippen LogP contribution is -2.62. The molecule has 0 radical (unpaired) electrons. The summed E-state index contributed by atoms with van der Waals surface area (Å²) in [7, 11) is 0. The zero-order valence-electron chi connectivity index (χ0n) is 14.7. The van der Waals surface area contributed by atoms with Crippen molar-refractivity contribution < 1.29 is 18.7 Å². The third-order valence-electron chi connectivity index (χ3n) is 5.63. The molecule has 140 valence electrons. The van der Waals surface area contributed by atoms with Crippen molar-refractivity contribution in [3.63, 3.8) is 0 Å². The lowest BCUT2D eigenvalue weighted by molar-refractivity contribution is -0.166. The number of rotatable bonds is 3. The van der Waals surface area contributed by atoms with Crippen LogP contribution in [-0.2, 0) is 20.9 Å². The summed E-state index contributed by atoms with van der Waals surface area (Å²) >= 11 is 0. The molecule has 3 aliphatic heterocycles. The van der Waals surface area contributed by atoms with E-state index in [1.807, 2.05) is 4.90 Å². The highest BCUT2D eigenvalue weighted by Crippen LogP contribution is 2.36. The van der Waals surface area contributed by atoms with Crippen LogP contribution in [0.1, 0.15) is 18.4 Å². The summed E-state index contributed by atoms with van der Waals surface area (Å²) in [6.45, 7) is 3.81. The third kappa shape index (κ3) is 3.10. The van der Waals surface area contributed by atoms with Crippen LogP contribution in [0.4, 0.5) is 4.39 Å². The molecule has 7 heteroatoms. The molecule has 3 fully saturated rings. The number of carbonyl (C=O) groups excluding carboxylic acids is 2. The smallest absolute Gasteiger partial charge is 0.254 e. The molecule has 0 saturated carbocycles. The first-order chi connectivity index (χ1) is 12.6. The third-order valence-corrected chi connectivity index (χ3v) is 5.63. The minimum absolute atomic E-state index is 0.0150. The lowest BCUT2D eigenvalue weighted by Gasteiger charge is -2.37. The van der Waals surface area contributed by atoms with E-state index in [0.717, 1.165) is 31.5 Å². The van der Waals surface area contributed by atoms with Gasteiger partial charge in [-0.2, -0.15) is 0 Å². The van der Waals surface area contributed by atoms with Crippen molar-refractivity contribution in [2.45, 2.75) is 25.0 Å². The number of morpholine rings is 1. The van der Waals surface area contributed by atoms with Gasteiger partial charge >= 0.3 is 0 Å². The van der Waals surface area contributed by atoms with Crippen LogP contribution in [0.5, 0.6) is 0 Å². The molecule has 6 nitrogen and oxygen atoms in total. The summed E-state index contributed by atoms with van der Waals surface area (Å²) in [5.74, 6) is -0.950. The average Bonchev–Trinajstić information content (AvgIpc) is 3.28. The van der Waals surface area contributed by atoms with E-state index in [1.54, 1.807) is 12.1 Å². The quantitative estimate of drug-likeness (QED) is 0.864. The second-order valence-corrected chi connectivity index (χ2v) is 7.37. The molecule has 1 aromatic carbocycles. The van der Waals surface area contributed by atoms with Gasteiger partial charge in [0.1, 0.15) is 5.82 Å². The minimum Gasteiger partial charge on any atom is -0.361 e. The number of nitrogens with one attached hydrogen (secondary N) is 1. The maximum atomic E-state index is 13.1. The van der Waals surface area contributed by atoms with E-state index < -0.39 is 11.5 Å². The Morgan fingerprint density at radius 2 is 2.00 bits per heavy atom. The Labute approximate surface area is 152 Å². The van der Waals surface area contributed by atoms with E-state index in [1.165, 1.54) is 12.1 Å². The molecule has 1 N–H and O–H groups in total.